The second-order valence-corrected chi connectivity index (χ2v) is 8.53. The lowest BCUT2D eigenvalue weighted by molar-refractivity contribution is -0.120. The van der Waals surface area contributed by atoms with Gasteiger partial charge in [-0.3, -0.25) is 9.00 Å². The van der Waals surface area contributed by atoms with Crippen LogP contribution in [0.5, 0.6) is 0 Å². The Morgan fingerprint density at radius 1 is 1.16 bits per heavy atom. The minimum Gasteiger partial charge on any atom is -0.310 e. The third kappa shape index (κ3) is 3.27. The molecule has 2 heterocycles. The molecule has 1 aromatic heterocycles. The lowest BCUT2D eigenvalue weighted by Crippen LogP contribution is -2.26. The zero-order chi connectivity index (χ0) is 17.4. The SMILES string of the molecule is Cc1ccc(-n2nc3c(c2NC(=O)C2CCCCC2)CS(=O)C3)cc1. The summed E-state index contributed by atoms with van der Waals surface area (Å²) in [6, 6.07) is 8.08. The van der Waals surface area contributed by atoms with Crippen molar-refractivity contribution in [3.63, 3.8) is 0 Å². The maximum Gasteiger partial charge on any atom is 0.228 e. The van der Waals surface area contributed by atoms with Gasteiger partial charge in [0.25, 0.3) is 0 Å². The van der Waals surface area contributed by atoms with Crippen LogP contribution in [0.25, 0.3) is 5.69 Å². The van der Waals surface area contributed by atoms with Crippen LogP contribution in [0.3, 0.4) is 0 Å². The summed E-state index contributed by atoms with van der Waals surface area (Å²) in [5, 5.41) is 7.77. The molecule has 1 fully saturated rings. The third-order valence-corrected chi connectivity index (χ3v) is 6.37. The number of amides is 1. The fourth-order valence-corrected chi connectivity index (χ4v) is 4.98. The van der Waals surface area contributed by atoms with Crippen molar-refractivity contribution in [1.29, 1.82) is 0 Å². The number of nitrogens with one attached hydrogen (secondary N) is 1. The van der Waals surface area contributed by atoms with E-state index in [9.17, 15) is 9.00 Å². The van der Waals surface area contributed by atoms with E-state index in [1.807, 2.05) is 31.2 Å². The Kier molecular flexibility index (Phi) is 4.46. The molecule has 2 aromatic rings. The van der Waals surface area contributed by atoms with Crippen molar-refractivity contribution in [2.45, 2.75) is 50.5 Å². The van der Waals surface area contributed by atoms with Gasteiger partial charge in [0.15, 0.2) is 0 Å². The zero-order valence-electron chi connectivity index (χ0n) is 14.5. The van der Waals surface area contributed by atoms with Crippen LogP contribution >= 0.6 is 0 Å². The molecule has 1 aliphatic carbocycles. The minimum atomic E-state index is -0.913. The molecule has 1 unspecified atom stereocenters. The van der Waals surface area contributed by atoms with E-state index in [1.165, 1.54) is 12.0 Å². The topological polar surface area (TPSA) is 64.0 Å². The first kappa shape index (κ1) is 16.5. The molecule has 1 N–H and O–H groups in total. The fraction of sp³-hybridized carbons (Fsp3) is 0.474. The van der Waals surface area contributed by atoms with E-state index in [4.69, 9.17) is 0 Å². The van der Waals surface area contributed by atoms with E-state index >= 15 is 0 Å². The summed E-state index contributed by atoms with van der Waals surface area (Å²) in [7, 11) is -0.913. The second kappa shape index (κ2) is 6.75. The third-order valence-electron chi connectivity index (χ3n) is 5.17. The Labute approximate surface area is 150 Å². The molecule has 5 nitrogen and oxygen atoms in total. The normalized spacial score (nSPS) is 20.4. The quantitative estimate of drug-likeness (QED) is 0.915. The molecule has 1 aromatic carbocycles. The van der Waals surface area contributed by atoms with E-state index in [0.717, 1.165) is 42.6 Å². The predicted octanol–water partition coefficient (Wildman–Crippen LogP) is 3.46. The second-order valence-electron chi connectivity index (χ2n) is 7.07. The predicted molar refractivity (Wildman–Crippen MR) is 99.1 cm³/mol. The highest BCUT2D eigenvalue weighted by atomic mass is 32.2. The van der Waals surface area contributed by atoms with Crippen molar-refractivity contribution in [2.75, 3.05) is 5.32 Å². The highest BCUT2D eigenvalue weighted by Gasteiger charge is 2.30. The average molecular weight is 357 g/mol. The number of hydrogen-bond donors (Lipinski definition) is 1. The Bertz CT molecular complexity index is 820. The van der Waals surface area contributed by atoms with E-state index in [-0.39, 0.29) is 11.8 Å². The van der Waals surface area contributed by atoms with Crippen LogP contribution in [0.15, 0.2) is 24.3 Å². The zero-order valence-corrected chi connectivity index (χ0v) is 15.3. The number of carbonyl (C=O) groups excluding carboxylic acids is 1. The van der Waals surface area contributed by atoms with E-state index < -0.39 is 10.8 Å². The largest absolute Gasteiger partial charge is 0.310 e. The summed E-state index contributed by atoms with van der Waals surface area (Å²) in [5.74, 6) is 1.81. The number of nitrogens with zero attached hydrogens (tertiary/aromatic N) is 2. The van der Waals surface area contributed by atoms with Crippen molar-refractivity contribution in [3.05, 3.63) is 41.1 Å². The number of hydrogen-bond acceptors (Lipinski definition) is 3. The first-order valence-corrected chi connectivity index (χ1v) is 10.4. The van der Waals surface area contributed by atoms with Crippen LogP contribution in [0.4, 0.5) is 5.82 Å². The molecule has 0 spiro atoms. The Morgan fingerprint density at radius 2 is 1.88 bits per heavy atom. The molecule has 132 valence electrons. The highest BCUT2D eigenvalue weighted by Crippen LogP contribution is 2.33. The Morgan fingerprint density at radius 3 is 2.60 bits per heavy atom. The summed E-state index contributed by atoms with van der Waals surface area (Å²) in [5.41, 5.74) is 3.88. The van der Waals surface area contributed by atoms with Gasteiger partial charge in [-0.25, -0.2) is 4.68 Å². The molecule has 4 rings (SSSR count). The first-order valence-electron chi connectivity index (χ1n) is 8.95. The number of aryl methyl sites for hydroxylation is 1. The summed E-state index contributed by atoms with van der Waals surface area (Å²) >= 11 is 0. The molecule has 2 aliphatic rings. The van der Waals surface area contributed by atoms with E-state index in [2.05, 4.69) is 10.4 Å². The molecule has 6 heteroatoms. The molecule has 0 radical (unpaired) electrons. The molecule has 25 heavy (non-hydrogen) atoms. The summed E-state index contributed by atoms with van der Waals surface area (Å²) < 4.78 is 13.7. The number of carbonyl (C=O) groups is 1. The lowest BCUT2D eigenvalue weighted by Gasteiger charge is -2.21. The van der Waals surface area contributed by atoms with Gasteiger partial charge in [-0.2, -0.15) is 5.10 Å². The van der Waals surface area contributed by atoms with Crippen molar-refractivity contribution in [3.8, 4) is 5.69 Å². The van der Waals surface area contributed by atoms with Gasteiger partial charge >= 0.3 is 0 Å². The van der Waals surface area contributed by atoms with Gasteiger partial charge in [0.1, 0.15) is 5.82 Å². The van der Waals surface area contributed by atoms with Gasteiger partial charge in [-0.1, -0.05) is 37.0 Å². The summed E-state index contributed by atoms with van der Waals surface area (Å²) in [6.07, 6.45) is 5.38. The van der Waals surface area contributed by atoms with E-state index in [1.54, 1.807) is 4.68 Å². The fourth-order valence-electron chi connectivity index (χ4n) is 3.71. The van der Waals surface area contributed by atoms with Gasteiger partial charge in [0.05, 0.1) is 22.9 Å². The number of anilines is 1. The van der Waals surface area contributed by atoms with Gasteiger partial charge in [-0.15, -0.1) is 0 Å². The maximum absolute atomic E-state index is 12.8. The monoisotopic (exact) mass is 357 g/mol. The Hall–Kier alpha value is -1.95. The van der Waals surface area contributed by atoms with Crippen LogP contribution in [-0.2, 0) is 27.1 Å². The molecular weight excluding hydrogens is 334 g/mol. The first-order chi connectivity index (χ1) is 12.1. The van der Waals surface area contributed by atoms with Crippen molar-refractivity contribution in [1.82, 2.24) is 9.78 Å². The van der Waals surface area contributed by atoms with Crippen LogP contribution in [0, 0.1) is 12.8 Å². The standard InChI is InChI=1S/C19H23N3O2S/c1-13-7-9-15(10-8-13)22-18(16-11-25(24)12-17(16)21-22)20-19(23)14-5-3-2-4-6-14/h7-10,14H,2-6,11-12H2,1H3,(H,20,23). The van der Waals surface area contributed by atoms with Crippen molar-refractivity contribution in [2.24, 2.45) is 5.92 Å². The molecular formula is C19H23N3O2S. The molecule has 1 saturated carbocycles. The van der Waals surface area contributed by atoms with E-state index in [0.29, 0.717) is 17.3 Å². The van der Waals surface area contributed by atoms with Gasteiger partial charge < -0.3 is 5.32 Å². The maximum atomic E-state index is 12.8. The molecule has 0 bridgehead atoms. The molecule has 1 amide bonds. The Balaban J connectivity index is 1.68. The molecule has 1 aliphatic heterocycles. The lowest BCUT2D eigenvalue weighted by atomic mass is 9.88. The number of fused-ring (bicyclic) bond motifs is 1. The molecule has 0 saturated heterocycles. The van der Waals surface area contributed by atoms with Crippen LogP contribution in [0.1, 0.15) is 48.9 Å². The highest BCUT2D eigenvalue weighted by molar-refractivity contribution is 7.83. The number of benzene rings is 1. The van der Waals surface area contributed by atoms with Crippen LogP contribution < -0.4 is 5.32 Å². The minimum absolute atomic E-state index is 0.0773. The van der Waals surface area contributed by atoms with Crippen LogP contribution in [0.2, 0.25) is 0 Å². The van der Waals surface area contributed by atoms with Crippen molar-refractivity contribution < 1.29 is 9.00 Å². The summed E-state index contributed by atoms with van der Waals surface area (Å²) in [6.45, 7) is 2.04. The number of aromatic nitrogens is 2. The average Bonchev–Trinajstić information content (AvgIpc) is 3.13. The van der Waals surface area contributed by atoms with Gasteiger partial charge in [-0.05, 0) is 31.9 Å². The van der Waals surface area contributed by atoms with Gasteiger partial charge in [0, 0.05) is 22.3 Å². The smallest absolute Gasteiger partial charge is 0.228 e. The van der Waals surface area contributed by atoms with Crippen molar-refractivity contribution >= 4 is 22.5 Å². The van der Waals surface area contributed by atoms with Crippen LogP contribution in [-0.4, -0.2) is 19.9 Å². The summed E-state index contributed by atoms with van der Waals surface area (Å²) in [4.78, 5) is 12.8. The number of rotatable bonds is 3. The van der Waals surface area contributed by atoms with Gasteiger partial charge in [0.2, 0.25) is 5.91 Å². The molecule has 1 atom stereocenters.